The van der Waals surface area contributed by atoms with Gasteiger partial charge in [-0.25, -0.2) is 8.78 Å². The van der Waals surface area contributed by atoms with Crippen molar-refractivity contribution < 1.29 is 33.3 Å². The summed E-state index contributed by atoms with van der Waals surface area (Å²) in [7, 11) is 0. The van der Waals surface area contributed by atoms with Gasteiger partial charge in [0.15, 0.2) is 5.72 Å². The number of hydrogen-bond acceptors (Lipinski definition) is 7. The van der Waals surface area contributed by atoms with Gasteiger partial charge in [0.05, 0.1) is 41.6 Å². The van der Waals surface area contributed by atoms with E-state index in [0.717, 1.165) is 6.07 Å². The number of nitriles is 1. The molecule has 2 aromatic carbocycles. The van der Waals surface area contributed by atoms with Gasteiger partial charge >= 0.3 is 0 Å². The van der Waals surface area contributed by atoms with Gasteiger partial charge in [0.2, 0.25) is 0 Å². The molecule has 1 amide bonds. The van der Waals surface area contributed by atoms with Gasteiger partial charge in [-0.15, -0.1) is 0 Å². The molecule has 0 saturated carbocycles. The lowest BCUT2D eigenvalue weighted by Crippen LogP contribution is -2.51. The monoisotopic (exact) mass is 611 g/mol. The molecule has 5 rings (SSSR count). The molecule has 3 heterocycles. The number of fused-ring (bicyclic) bond motifs is 1. The molecule has 0 aliphatic carbocycles. The molecule has 1 fully saturated rings. The van der Waals surface area contributed by atoms with Crippen LogP contribution < -0.4 is 0 Å². The highest BCUT2D eigenvalue weighted by atomic mass is 35.5. The second kappa shape index (κ2) is 11.9. The summed E-state index contributed by atoms with van der Waals surface area (Å²) in [6, 6.07) is 13.9. The van der Waals surface area contributed by atoms with Crippen LogP contribution in [-0.2, 0) is 27.3 Å². The lowest BCUT2D eigenvalue weighted by Gasteiger charge is -2.44. The molecule has 0 spiro atoms. The standard InChI is InChI=1S/C32H32ClF2N3O5/c1-3-31(41,30(35)10-12-42-13-11-30)23-14-26-28(27(34)15-23)32(43-19-20(2)39,22-5-7-24(33)8-6-22)38(29(26)40)18-25-9-4-21(16-36)17-37-25/h4-9,14-15,17,20,39,41H,3,10-13,18-19H2,1-2H3/t20?,31?,32-/m1/s1. The highest BCUT2D eigenvalue weighted by molar-refractivity contribution is 6.30. The minimum absolute atomic E-state index is 0.0668. The number of halogens is 3. The van der Waals surface area contributed by atoms with Crippen molar-refractivity contribution in [2.24, 2.45) is 0 Å². The molecule has 8 nitrogen and oxygen atoms in total. The SMILES string of the molecule is CCC(O)(c1cc(F)c2c(c1)C(=O)N(Cc1ccc(C#N)cn1)[C@@]2(OCC(C)O)c1ccc(Cl)cc1)C1(F)CCOCC1. The van der Waals surface area contributed by atoms with Gasteiger partial charge in [-0.2, -0.15) is 5.26 Å². The number of alkyl halides is 1. The zero-order chi connectivity index (χ0) is 31.0. The number of aromatic nitrogens is 1. The Morgan fingerprint density at radius 3 is 2.51 bits per heavy atom. The quantitative estimate of drug-likeness (QED) is 0.345. The highest BCUT2D eigenvalue weighted by Crippen LogP contribution is 2.51. The number of rotatable bonds is 9. The Hall–Kier alpha value is -3.46. The Morgan fingerprint density at radius 2 is 1.93 bits per heavy atom. The number of carbonyl (C=O) groups excluding carboxylic acids is 1. The Balaban J connectivity index is 1.74. The number of pyridine rings is 1. The van der Waals surface area contributed by atoms with Gasteiger partial charge in [-0.1, -0.05) is 30.7 Å². The summed E-state index contributed by atoms with van der Waals surface area (Å²) in [6.45, 7) is 2.86. The third kappa shape index (κ3) is 5.30. The maximum Gasteiger partial charge on any atom is 0.257 e. The van der Waals surface area contributed by atoms with Gasteiger partial charge < -0.3 is 19.7 Å². The van der Waals surface area contributed by atoms with Gasteiger partial charge in [0.25, 0.3) is 5.91 Å². The number of nitrogens with zero attached hydrogens (tertiary/aromatic N) is 3. The molecule has 3 atom stereocenters. The lowest BCUT2D eigenvalue weighted by molar-refractivity contribution is -0.155. The topological polar surface area (TPSA) is 116 Å². The molecule has 43 heavy (non-hydrogen) atoms. The Labute approximate surface area is 253 Å². The van der Waals surface area contributed by atoms with Crippen LogP contribution in [0.15, 0.2) is 54.7 Å². The summed E-state index contributed by atoms with van der Waals surface area (Å²) in [6.07, 6.45) is 0.124. The van der Waals surface area contributed by atoms with Crippen molar-refractivity contribution in [2.45, 2.75) is 62.8 Å². The molecule has 1 aromatic heterocycles. The van der Waals surface area contributed by atoms with E-state index < -0.39 is 34.8 Å². The molecule has 3 aromatic rings. The second-order valence-corrected chi connectivity index (χ2v) is 11.5. The molecule has 2 unspecified atom stereocenters. The van der Waals surface area contributed by atoms with Crippen LogP contribution in [0.25, 0.3) is 0 Å². The van der Waals surface area contributed by atoms with Crippen LogP contribution in [0.2, 0.25) is 5.02 Å². The predicted octanol–water partition coefficient (Wildman–Crippen LogP) is 5.12. The first-order chi connectivity index (χ1) is 20.5. The molecule has 1 saturated heterocycles. The van der Waals surface area contributed by atoms with Crippen molar-refractivity contribution in [3.05, 3.63) is 99.1 Å². The van der Waals surface area contributed by atoms with E-state index in [2.05, 4.69) is 4.98 Å². The van der Waals surface area contributed by atoms with Crippen LogP contribution >= 0.6 is 11.6 Å². The van der Waals surface area contributed by atoms with E-state index >= 15 is 8.78 Å². The average molecular weight is 612 g/mol. The van der Waals surface area contributed by atoms with E-state index in [1.807, 2.05) is 6.07 Å². The summed E-state index contributed by atoms with van der Waals surface area (Å²) in [5.41, 5.74) is -5.37. The van der Waals surface area contributed by atoms with Crippen LogP contribution in [0.3, 0.4) is 0 Å². The zero-order valence-electron chi connectivity index (χ0n) is 23.8. The molecular formula is C32H32ClF2N3O5. The Morgan fingerprint density at radius 1 is 1.23 bits per heavy atom. The Kier molecular flexibility index (Phi) is 8.58. The van der Waals surface area contributed by atoms with E-state index in [1.165, 1.54) is 24.1 Å². The molecule has 2 N–H and O–H groups in total. The molecule has 2 aliphatic heterocycles. The predicted molar refractivity (Wildman–Crippen MR) is 153 cm³/mol. The average Bonchev–Trinajstić information content (AvgIpc) is 3.24. The van der Waals surface area contributed by atoms with Crippen molar-refractivity contribution in [3.8, 4) is 6.07 Å². The van der Waals surface area contributed by atoms with Crippen LogP contribution in [0, 0.1) is 17.1 Å². The van der Waals surface area contributed by atoms with E-state index in [-0.39, 0.29) is 62.3 Å². The molecular weight excluding hydrogens is 580 g/mol. The number of benzene rings is 2. The summed E-state index contributed by atoms with van der Waals surface area (Å²) in [4.78, 5) is 19.9. The fourth-order valence-electron chi connectivity index (χ4n) is 6.05. The number of aliphatic hydroxyl groups excluding tert-OH is 1. The van der Waals surface area contributed by atoms with Gasteiger partial charge in [-0.3, -0.25) is 14.7 Å². The maximum absolute atomic E-state index is 16.6. The fraction of sp³-hybridized carbons (Fsp3) is 0.406. The van der Waals surface area contributed by atoms with Gasteiger partial charge in [0, 0.05) is 42.8 Å². The summed E-state index contributed by atoms with van der Waals surface area (Å²) < 4.78 is 44.6. The van der Waals surface area contributed by atoms with Gasteiger partial charge in [-0.05, 0) is 55.3 Å². The maximum atomic E-state index is 16.6. The van der Waals surface area contributed by atoms with E-state index in [0.29, 0.717) is 21.8 Å². The van der Waals surface area contributed by atoms with E-state index in [9.17, 15) is 20.3 Å². The zero-order valence-corrected chi connectivity index (χ0v) is 24.6. The molecule has 2 aliphatic rings. The Bertz CT molecular complexity index is 1540. The second-order valence-electron chi connectivity index (χ2n) is 11.0. The van der Waals surface area contributed by atoms with Crippen LogP contribution in [0.5, 0.6) is 0 Å². The van der Waals surface area contributed by atoms with E-state index in [1.54, 1.807) is 43.3 Å². The lowest BCUT2D eigenvalue weighted by atomic mass is 9.72. The molecule has 0 radical (unpaired) electrons. The number of carbonyl (C=O) groups is 1. The van der Waals surface area contributed by atoms with Gasteiger partial charge in [0.1, 0.15) is 23.2 Å². The summed E-state index contributed by atoms with van der Waals surface area (Å²) >= 11 is 6.18. The smallest absolute Gasteiger partial charge is 0.257 e. The first-order valence-corrected chi connectivity index (χ1v) is 14.5. The van der Waals surface area contributed by atoms with Crippen molar-refractivity contribution >= 4 is 17.5 Å². The summed E-state index contributed by atoms with van der Waals surface area (Å²) in [5.74, 6) is -1.54. The van der Waals surface area contributed by atoms with Crippen LogP contribution in [0.1, 0.15) is 71.4 Å². The number of hydrogen-bond donors (Lipinski definition) is 2. The third-order valence-electron chi connectivity index (χ3n) is 8.34. The number of ether oxygens (including phenoxy) is 2. The first-order valence-electron chi connectivity index (χ1n) is 14.1. The normalized spacial score (nSPS) is 21.6. The fourth-order valence-corrected chi connectivity index (χ4v) is 6.18. The molecule has 11 heteroatoms. The van der Waals surface area contributed by atoms with Crippen molar-refractivity contribution in [3.63, 3.8) is 0 Å². The largest absolute Gasteiger partial charge is 0.391 e. The van der Waals surface area contributed by atoms with Crippen LogP contribution in [0.4, 0.5) is 8.78 Å². The van der Waals surface area contributed by atoms with Crippen LogP contribution in [-0.4, -0.2) is 57.6 Å². The highest BCUT2D eigenvalue weighted by Gasteiger charge is 2.57. The minimum Gasteiger partial charge on any atom is -0.391 e. The number of aliphatic hydroxyl groups is 2. The van der Waals surface area contributed by atoms with Crippen molar-refractivity contribution in [2.75, 3.05) is 19.8 Å². The molecule has 226 valence electrons. The van der Waals surface area contributed by atoms with E-state index in [4.69, 9.17) is 21.1 Å². The summed E-state index contributed by atoms with van der Waals surface area (Å²) in [5, 5.41) is 31.6. The number of amides is 1. The third-order valence-corrected chi connectivity index (χ3v) is 8.60. The first kappa shape index (κ1) is 31.0. The minimum atomic E-state index is -2.11. The van der Waals surface area contributed by atoms with Crippen molar-refractivity contribution in [1.82, 2.24) is 9.88 Å². The molecule has 0 bridgehead atoms. The van der Waals surface area contributed by atoms with Crippen molar-refractivity contribution in [1.29, 1.82) is 5.26 Å².